The van der Waals surface area contributed by atoms with Gasteiger partial charge in [-0.3, -0.25) is 0 Å². The number of benzene rings is 2. The van der Waals surface area contributed by atoms with Crippen molar-refractivity contribution < 1.29 is 27.0 Å². The maximum Gasteiger partial charge on any atom is 0.387 e. The van der Waals surface area contributed by atoms with Crippen LogP contribution in [0.5, 0.6) is 5.75 Å². The number of ether oxygens (including phenoxy) is 2. The average Bonchev–Trinajstić information content (AvgIpc) is 3.41. The molecule has 11 heteroatoms. The summed E-state index contributed by atoms with van der Waals surface area (Å²) in [5, 5.41) is 0. The SMILES string of the molecule is Fc1cc2nc3n(c2cc1-c1cnc(N2CCOCC2)nc1)[C@@H](c1ccccc1OC(F)F)CC3F. The predicted molar refractivity (Wildman–Crippen MR) is 123 cm³/mol. The van der Waals surface area contributed by atoms with Crippen molar-refractivity contribution in [2.45, 2.75) is 25.2 Å². The molecule has 7 nitrogen and oxygen atoms in total. The largest absolute Gasteiger partial charge is 0.434 e. The molecule has 0 saturated carbocycles. The predicted octanol–water partition coefficient (Wildman–Crippen LogP) is 5.07. The van der Waals surface area contributed by atoms with E-state index in [9.17, 15) is 8.78 Å². The van der Waals surface area contributed by atoms with Crippen molar-refractivity contribution in [3.05, 3.63) is 66.0 Å². The molecule has 0 radical (unpaired) electrons. The van der Waals surface area contributed by atoms with Crippen molar-refractivity contribution >= 4 is 17.0 Å². The van der Waals surface area contributed by atoms with Crippen LogP contribution in [0.15, 0.2) is 48.8 Å². The number of para-hydroxylation sites is 1. The maximum absolute atomic E-state index is 15.1. The maximum atomic E-state index is 15.1. The van der Waals surface area contributed by atoms with Gasteiger partial charge in [0.05, 0.1) is 30.3 Å². The van der Waals surface area contributed by atoms with Gasteiger partial charge in [0.15, 0.2) is 6.17 Å². The molecule has 0 spiro atoms. The second kappa shape index (κ2) is 9.05. The van der Waals surface area contributed by atoms with E-state index in [1.165, 1.54) is 12.1 Å². The van der Waals surface area contributed by atoms with E-state index < -0.39 is 24.6 Å². The van der Waals surface area contributed by atoms with Crippen LogP contribution in [0.1, 0.15) is 30.0 Å². The number of alkyl halides is 3. The van der Waals surface area contributed by atoms with Crippen LogP contribution in [-0.2, 0) is 4.74 Å². The third-order valence-electron chi connectivity index (χ3n) is 6.56. The van der Waals surface area contributed by atoms with Gasteiger partial charge in [0.2, 0.25) is 5.95 Å². The fraction of sp³-hybridized carbons (Fsp3) is 0.320. The molecule has 1 unspecified atom stereocenters. The molecule has 2 atom stereocenters. The lowest BCUT2D eigenvalue weighted by Crippen LogP contribution is -2.37. The molecule has 2 aromatic carbocycles. The van der Waals surface area contributed by atoms with Gasteiger partial charge in [-0.05, 0) is 12.1 Å². The summed E-state index contributed by atoms with van der Waals surface area (Å²) in [4.78, 5) is 15.1. The highest BCUT2D eigenvalue weighted by molar-refractivity contribution is 5.83. The minimum Gasteiger partial charge on any atom is -0.434 e. The number of hydrogen-bond donors (Lipinski definition) is 0. The lowest BCUT2D eigenvalue weighted by molar-refractivity contribution is -0.0507. The van der Waals surface area contributed by atoms with Crippen LogP contribution in [0, 0.1) is 5.82 Å². The lowest BCUT2D eigenvalue weighted by atomic mass is 10.0. The second-order valence-electron chi connectivity index (χ2n) is 8.67. The number of imidazole rings is 1. The summed E-state index contributed by atoms with van der Waals surface area (Å²) in [6.07, 6.45) is 1.66. The first-order chi connectivity index (χ1) is 17.5. The number of fused-ring (bicyclic) bond motifs is 3. The second-order valence-corrected chi connectivity index (χ2v) is 8.67. The Kier molecular flexibility index (Phi) is 5.71. The third kappa shape index (κ3) is 3.93. The monoisotopic (exact) mass is 499 g/mol. The van der Waals surface area contributed by atoms with Crippen molar-refractivity contribution in [1.82, 2.24) is 19.5 Å². The lowest BCUT2D eigenvalue weighted by Gasteiger charge is -2.26. The van der Waals surface area contributed by atoms with Gasteiger partial charge < -0.3 is 18.9 Å². The molecule has 2 aliphatic rings. The fourth-order valence-electron chi connectivity index (χ4n) is 4.92. The van der Waals surface area contributed by atoms with E-state index in [2.05, 4.69) is 15.0 Å². The number of aromatic nitrogens is 4. The Hall–Kier alpha value is -3.73. The van der Waals surface area contributed by atoms with Crippen molar-refractivity contribution in [3.8, 4) is 16.9 Å². The van der Waals surface area contributed by atoms with Crippen molar-refractivity contribution in [2.75, 3.05) is 31.2 Å². The molecule has 4 aromatic rings. The highest BCUT2D eigenvalue weighted by Gasteiger charge is 2.37. The summed E-state index contributed by atoms with van der Waals surface area (Å²) in [5.41, 5.74) is 1.85. The number of nitrogens with zero attached hydrogens (tertiary/aromatic N) is 5. The van der Waals surface area contributed by atoms with E-state index in [-0.39, 0.29) is 29.1 Å². The van der Waals surface area contributed by atoms with Crippen LogP contribution >= 0.6 is 0 Å². The smallest absolute Gasteiger partial charge is 0.387 e. The van der Waals surface area contributed by atoms with Crippen LogP contribution < -0.4 is 9.64 Å². The Morgan fingerprint density at radius 3 is 2.56 bits per heavy atom. The number of halogens is 4. The number of anilines is 1. The Morgan fingerprint density at radius 1 is 1.06 bits per heavy atom. The zero-order chi connectivity index (χ0) is 24.8. The van der Waals surface area contributed by atoms with Gasteiger partial charge in [-0.2, -0.15) is 8.78 Å². The molecular weight excluding hydrogens is 478 g/mol. The molecule has 1 fully saturated rings. The minimum atomic E-state index is -3.02. The van der Waals surface area contributed by atoms with Gasteiger partial charge in [0, 0.05) is 54.7 Å². The summed E-state index contributed by atoms with van der Waals surface area (Å²) in [6.45, 7) is -0.502. The summed E-state index contributed by atoms with van der Waals surface area (Å²) < 4.78 is 67.8. The van der Waals surface area contributed by atoms with Crippen molar-refractivity contribution in [1.29, 1.82) is 0 Å². The molecule has 1 saturated heterocycles. The standard InChI is InChI=1S/C25H21F4N5O2/c26-17-10-19-21(9-16(17)14-12-30-25(31-13-14)33-5-7-35-8-6-33)34-20(11-18(27)23(34)32-19)15-3-1-2-4-22(15)36-24(28)29/h1-4,9-10,12-13,18,20,24H,5-8,11H2/t18?,20-/m1/s1. The Morgan fingerprint density at radius 2 is 1.81 bits per heavy atom. The highest BCUT2D eigenvalue weighted by atomic mass is 19.3. The molecular formula is C25H21F4N5O2. The van der Waals surface area contributed by atoms with Crippen LogP contribution in [0.2, 0.25) is 0 Å². The molecule has 4 heterocycles. The average molecular weight is 499 g/mol. The van der Waals surface area contributed by atoms with Gasteiger partial charge in [-0.15, -0.1) is 0 Å². The van der Waals surface area contributed by atoms with Gasteiger partial charge in [0.1, 0.15) is 17.4 Å². The molecule has 0 bridgehead atoms. The summed E-state index contributed by atoms with van der Waals surface area (Å²) in [5.74, 6) is 0.0753. The van der Waals surface area contributed by atoms with Crippen molar-refractivity contribution in [3.63, 3.8) is 0 Å². The molecule has 186 valence electrons. The fourth-order valence-corrected chi connectivity index (χ4v) is 4.92. The van der Waals surface area contributed by atoms with Gasteiger partial charge >= 0.3 is 6.61 Å². The number of hydrogen-bond acceptors (Lipinski definition) is 6. The molecule has 2 aliphatic heterocycles. The number of morpholine rings is 1. The zero-order valence-corrected chi connectivity index (χ0v) is 19.0. The Labute approximate surface area is 203 Å². The molecule has 0 N–H and O–H groups in total. The van der Waals surface area contributed by atoms with E-state index in [4.69, 9.17) is 9.47 Å². The molecule has 0 amide bonds. The molecule has 2 aromatic heterocycles. The van der Waals surface area contributed by atoms with E-state index >= 15 is 8.78 Å². The van der Waals surface area contributed by atoms with Crippen LogP contribution in [0.3, 0.4) is 0 Å². The molecule has 6 rings (SSSR count). The van der Waals surface area contributed by atoms with Gasteiger partial charge in [-0.1, -0.05) is 18.2 Å². The number of rotatable bonds is 5. The van der Waals surface area contributed by atoms with Crippen LogP contribution in [-0.4, -0.2) is 52.4 Å². The van der Waals surface area contributed by atoms with Crippen molar-refractivity contribution in [2.24, 2.45) is 0 Å². The van der Waals surface area contributed by atoms with E-state index in [0.29, 0.717) is 48.9 Å². The first-order valence-corrected chi connectivity index (χ1v) is 11.5. The van der Waals surface area contributed by atoms with E-state index in [0.717, 1.165) is 0 Å². The summed E-state index contributed by atoms with van der Waals surface area (Å²) in [6, 6.07) is 8.48. The third-order valence-corrected chi connectivity index (χ3v) is 6.56. The molecule has 0 aliphatic carbocycles. The summed E-state index contributed by atoms with van der Waals surface area (Å²) >= 11 is 0. The summed E-state index contributed by atoms with van der Waals surface area (Å²) in [7, 11) is 0. The highest BCUT2D eigenvalue weighted by Crippen LogP contribution is 2.46. The Bertz CT molecular complexity index is 1410. The normalized spacial score (nSPS) is 19.8. The van der Waals surface area contributed by atoms with Crippen LogP contribution in [0.25, 0.3) is 22.2 Å². The quantitative estimate of drug-likeness (QED) is 0.357. The molecule has 36 heavy (non-hydrogen) atoms. The zero-order valence-electron chi connectivity index (χ0n) is 19.0. The van der Waals surface area contributed by atoms with E-state index in [1.54, 1.807) is 41.2 Å². The first kappa shape index (κ1) is 22.7. The first-order valence-electron chi connectivity index (χ1n) is 11.5. The topological polar surface area (TPSA) is 65.3 Å². The minimum absolute atomic E-state index is 0.00590. The Balaban J connectivity index is 1.41. The van der Waals surface area contributed by atoms with E-state index in [1.807, 2.05) is 4.90 Å². The van der Waals surface area contributed by atoms with Gasteiger partial charge in [-0.25, -0.2) is 23.7 Å². The van der Waals surface area contributed by atoms with Crippen LogP contribution in [0.4, 0.5) is 23.5 Å². The van der Waals surface area contributed by atoms with Gasteiger partial charge in [0.25, 0.3) is 0 Å².